The molecular weight excluding hydrogens is 293 g/mol. The Labute approximate surface area is 127 Å². The number of allylic oxidation sites excluding steroid dienone is 2. The Hall–Kier alpha value is -2.38. The van der Waals surface area contributed by atoms with Gasteiger partial charge in [0.05, 0.1) is 18.4 Å². The molecule has 2 rings (SSSR count). The van der Waals surface area contributed by atoms with Gasteiger partial charge in [-0.15, -0.1) is 0 Å². The molecule has 1 heterocycles. The molecule has 1 unspecified atom stereocenters. The molecule has 1 saturated heterocycles. The van der Waals surface area contributed by atoms with Crippen LogP contribution in [0.25, 0.3) is 0 Å². The van der Waals surface area contributed by atoms with Gasteiger partial charge in [-0.2, -0.15) is 0 Å². The highest BCUT2D eigenvalue weighted by Crippen LogP contribution is 2.30. The number of methoxy groups -OCH3 is 1. The summed E-state index contributed by atoms with van der Waals surface area (Å²) in [4.78, 5) is 36.6. The van der Waals surface area contributed by atoms with Gasteiger partial charge in [0.1, 0.15) is 17.6 Å². The van der Waals surface area contributed by atoms with Crippen LogP contribution in [0.3, 0.4) is 0 Å². The highest BCUT2D eigenvalue weighted by molar-refractivity contribution is 6.05. The largest absolute Gasteiger partial charge is 0.499 e. The second-order valence-electron chi connectivity index (χ2n) is 5.20. The molecule has 120 valence electrons. The number of hydrogen-bond donors (Lipinski definition) is 2. The number of halogens is 1. The molecule has 7 nitrogen and oxygen atoms in total. The van der Waals surface area contributed by atoms with Gasteiger partial charge in [-0.25, -0.2) is 4.39 Å². The first-order valence-electron chi connectivity index (χ1n) is 6.89. The minimum atomic E-state index is -0.828. The van der Waals surface area contributed by atoms with Crippen LogP contribution in [0.15, 0.2) is 22.9 Å². The van der Waals surface area contributed by atoms with Crippen molar-refractivity contribution >= 4 is 17.7 Å². The average Bonchev–Trinajstić information content (AvgIpc) is 2.46. The molecule has 2 aliphatic rings. The zero-order valence-electron chi connectivity index (χ0n) is 12.4. The fraction of sp³-hybridized carbons (Fsp3) is 0.500. The normalized spacial score (nSPS) is 22.6. The van der Waals surface area contributed by atoms with Crippen molar-refractivity contribution in [2.24, 2.45) is 5.73 Å². The van der Waals surface area contributed by atoms with Gasteiger partial charge < -0.3 is 15.4 Å². The Kier molecular flexibility index (Phi) is 4.48. The first kappa shape index (κ1) is 16.0. The van der Waals surface area contributed by atoms with Crippen molar-refractivity contribution in [2.45, 2.75) is 31.7 Å². The van der Waals surface area contributed by atoms with Gasteiger partial charge in [0.25, 0.3) is 5.91 Å². The molecule has 1 aliphatic carbocycles. The predicted octanol–water partition coefficient (Wildman–Crippen LogP) is 0.0841. The van der Waals surface area contributed by atoms with E-state index < -0.39 is 23.7 Å². The molecule has 3 N–H and O–H groups in total. The second kappa shape index (κ2) is 6.17. The second-order valence-corrected chi connectivity index (χ2v) is 5.20. The topological polar surface area (TPSA) is 102 Å². The third kappa shape index (κ3) is 2.81. The number of nitrogens with one attached hydrogen (secondary N) is 1. The van der Waals surface area contributed by atoms with E-state index in [0.29, 0.717) is 5.76 Å². The van der Waals surface area contributed by atoms with Crippen LogP contribution < -0.4 is 11.1 Å². The van der Waals surface area contributed by atoms with Gasteiger partial charge in [-0.1, -0.05) is 0 Å². The fourth-order valence-corrected chi connectivity index (χ4v) is 2.58. The molecule has 0 aromatic carbocycles. The minimum Gasteiger partial charge on any atom is -0.499 e. The molecule has 8 heteroatoms. The van der Waals surface area contributed by atoms with Crippen LogP contribution >= 0.6 is 0 Å². The third-order valence-corrected chi connectivity index (χ3v) is 3.87. The smallest absolute Gasteiger partial charge is 0.259 e. The SMILES string of the molecule is COC1=C(N)C(C(=O)N(C)C2CCC(=O)NC2=O)=C(F)CC1. The van der Waals surface area contributed by atoms with E-state index in [9.17, 15) is 18.8 Å². The molecule has 0 aromatic heterocycles. The number of ether oxygens (including phenoxy) is 1. The lowest BCUT2D eigenvalue weighted by Crippen LogP contribution is -2.53. The van der Waals surface area contributed by atoms with E-state index in [1.807, 2.05) is 0 Å². The quantitative estimate of drug-likeness (QED) is 0.719. The molecule has 22 heavy (non-hydrogen) atoms. The van der Waals surface area contributed by atoms with Gasteiger partial charge in [-0.3, -0.25) is 19.7 Å². The van der Waals surface area contributed by atoms with Crippen LogP contribution in [0.1, 0.15) is 25.7 Å². The number of imide groups is 1. The summed E-state index contributed by atoms with van der Waals surface area (Å²) < 4.78 is 19.1. The van der Waals surface area contributed by atoms with E-state index in [-0.39, 0.29) is 42.9 Å². The molecule has 1 atom stereocenters. The summed E-state index contributed by atoms with van der Waals surface area (Å²) >= 11 is 0. The maximum absolute atomic E-state index is 14.1. The molecule has 1 aliphatic heterocycles. The van der Waals surface area contributed by atoms with Crippen molar-refractivity contribution in [3.63, 3.8) is 0 Å². The van der Waals surface area contributed by atoms with Gasteiger partial charge >= 0.3 is 0 Å². The van der Waals surface area contributed by atoms with Gasteiger partial charge in [0.2, 0.25) is 11.8 Å². The lowest BCUT2D eigenvalue weighted by Gasteiger charge is -2.31. The molecule has 0 radical (unpaired) electrons. The van der Waals surface area contributed by atoms with Crippen LogP contribution in [-0.4, -0.2) is 42.8 Å². The van der Waals surface area contributed by atoms with Crippen molar-refractivity contribution < 1.29 is 23.5 Å². The number of amides is 3. The molecule has 0 saturated carbocycles. The van der Waals surface area contributed by atoms with E-state index in [1.54, 1.807) is 0 Å². The zero-order valence-corrected chi connectivity index (χ0v) is 12.4. The summed E-state index contributed by atoms with van der Waals surface area (Å²) in [6, 6.07) is -0.828. The maximum Gasteiger partial charge on any atom is 0.259 e. The number of hydrogen-bond acceptors (Lipinski definition) is 5. The first-order valence-corrected chi connectivity index (χ1v) is 6.89. The number of rotatable bonds is 3. The Bertz CT molecular complexity index is 597. The minimum absolute atomic E-state index is 0.0220. The van der Waals surface area contributed by atoms with E-state index in [1.165, 1.54) is 14.2 Å². The number of carbonyl (C=O) groups excluding carboxylic acids is 3. The van der Waals surface area contributed by atoms with Gasteiger partial charge in [0, 0.05) is 26.3 Å². The van der Waals surface area contributed by atoms with Crippen LogP contribution in [-0.2, 0) is 19.1 Å². The molecule has 1 fully saturated rings. The molecular formula is C14H18FN3O4. The van der Waals surface area contributed by atoms with Crippen LogP contribution in [0.5, 0.6) is 0 Å². The number of carbonyl (C=O) groups is 3. The Balaban J connectivity index is 2.25. The van der Waals surface area contributed by atoms with Crippen molar-refractivity contribution in [3.8, 4) is 0 Å². The summed E-state index contributed by atoms with van der Waals surface area (Å²) in [6.45, 7) is 0. The highest BCUT2D eigenvalue weighted by atomic mass is 19.1. The zero-order chi connectivity index (χ0) is 16.4. The average molecular weight is 311 g/mol. The maximum atomic E-state index is 14.1. The molecule has 0 aromatic rings. The van der Waals surface area contributed by atoms with Crippen LogP contribution in [0.2, 0.25) is 0 Å². The van der Waals surface area contributed by atoms with E-state index in [2.05, 4.69) is 5.32 Å². The Morgan fingerprint density at radius 2 is 2.05 bits per heavy atom. The molecule has 0 bridgehead atoms. The summed E-state index contributed by atoms with van der Waals surface area (Å²) in [5.41, 5.74) is 5.49. The highest BCUT2D eigenvalue weighted by Gasteiger charge is 2.36. The van der Waals surface area contributed by atoms with Gasteiger partial charge in [0.15, 0.2) is 0 Å². The molecule has 0 spiro atoms. The van der Waals surface area contributed by atoms with Crippen molar-refractivity contribution in [3.05, 3.63) is 22.9 Å². The molecule has 3 amide bonds. The summed E-state index contributed by atoms with van der Waals surface area (Å²) in [5.74, 6) is -1.92. The number of nitrogens with two attached hydrogens (primary N) is 1. The number of nitrogens with zero attached hydrogens (tertiary/aromatic N) is 1. The monoisotopic (exact) mass is 311 g/mol. The van der Waals surface area contributed by atoms with Crippen molar-refractivity contribution in [1.29, 1.82) is 0 Å². The lowest BCUT2D eigenvalue weighted by molar-refractivity contribution is -0.142. The standard InChI is InChI=1S/C14H18FN3O4/c1-18(8-4-6-10(19)17-13(8)20)14(21)11-7(15)3-5-9(22-2)12(11)16/h8H,3-6,16H2,1-2H3,(H,17,19,20). The Morgan fingerprint density at radius 1 is 1.36 bits per heavy atom. The predicted molar refractivity (Wildman–Crippen MR) is 74.5 cm³/mol. The Morgan fingerprint density at radius 3 is 2.64 bits per heavy atom. The van der Waals surface area contributed by atoms with Crippen LogP contribution in [0, 0.1) is 0 Å². The fourth-order valence-electron chi connectivity index (χ4n) is 2.58. The van der Waals surface area contributed by atoms with Crippen LogP contribution in [0.4, 0.5) is 4.39 Å². The number of likely N-dealkylation sites (N-methyl/N-ethyl adjacent to an activating group) is 1. The first-order chi connectivity index (χ1) is 10.4. The van der Waals surface area contributed by atoms with E-state index in [0.717, 1.165) is 4.90 Å². The van der Waals surface area contributed by atoms with Crippen molar-refractivity contribution in [1.82, 2.24) is 10.2 Å². The van der Waals surface area contributed by atoms with E-state index >= 15 is 0 Å². The lowest BCUT2D eigenvalue weighted by atomic mass is 9.98. The summed E-state index contributed by atoms with van der Waals surface area (Å²) in [6.07, 6.45) is 0.633. The third-order valence-electron chi connectivity index (χ3n) is 3.87. The van der Waals surface area contributed by atoms with Crippen molar-refractivity contribution in [2.75, 3.05) is 14.2 Å². The summed E-state index contributed by atoms with van der Waals surface area (Å²) in [7, 11) is 2.79. The summed E-state index contributed by atoms with van der Waals surface area (Å²) in [5, 5.41) is 2.16. The van der Waals surface area contributed by atoms with E-state index in [4.69, 9.17) is 10.5 Å². The number of piperidine rings is 1. The van der Waals surface area contributed by atoms with Gasteiger partial charge in [-0.05, 0) is 6.42 Å².